The molecule has 2 atom stereocenters. The molecule has 0 amide bonds. The van der Waals surface area contributed by atoms with Gasteiger partial charge in [-0.3, -0.25) is 0 Å². The van der Waals surface area contributed by atoms with Crippen LogP contribution in [0.4, 0.5) is 70.2 Å². The number of halogens is 16. The van der Waals surface area contributed by atoms with Crippen molar-refractivity contribution in [2.45, 2.75) is 30.2 Å². The fourth-order valence-electron chi connectivity index (χ4n) is 8.85. The Kier molecular flexibility index (Phi) is 19.4. The third-order valence-electron chi connectivity index (χ3n) is 13.3. The van der Waals surface area contributed by atoms with Gasteiger partial charge in [-0.15, -0.1) is 0 Å². The van der Waals surface area contributed by atoms with Crippen LogP contribution in [0.2, 0.25) is 0 Å². The number of hydrogen-bond donors (Lipinski definition) is 2. The normalized spacial score (nSPS) is 12.1. The second-order valence-electron chi connectivity index (χ2n) is 19.8. The Morgan fingerprint density at radius 1 is 0.372 bits per heavy atom. The summed E-state index contributed by atoms with van der Waals surface area (Å²) in [4.78, 5) is 13.8. The number of hydrogen-bond acceptors (Lipinski definition) is 11. The first kappa shape index (κ1) is 66.2. The summed E-state index contributed by atoms with van der Waals surface area (Å²) in [5.41, 5.74) is 6.48. The van der Waals surface area contributed by atoms with E-state index in [2.05, 4.69) is 4.72 Å². The number of benzene rings is 10. The molecule has 94 heavy (non-hydrogen) atoms. The summed E-state index contributed by atoms with van der Waals surface area (Å²) in [6.45, 7) is -1.77. The molecule has 0 aliphatic carbocycles. The largest absolute Gasteiger partial charge is 0.489 e. The number of ether oxygens (including phenoxy) is 7. The quantitative estimate of drug-likeness (QED) is 0.0288. The summed E-state index contributed by atoms with van der Waals surface area (Å²) in [5.74, 6) is -45.1. The Balaban J connectivity index is 0.997. The molecular formula is C65H36F16N2O10S. The third-order valence-corrected chi connectivity index (χ3v) is 14.8. The Morgan fingerprint density at radius 2 is 0.681 bits per heavy atom. The van der Waals surface area contributed by atoms with Crippen LogP contribution in [0.25, 0.3) is 0 Å². The van der Waals surface area contributed by atoms with Gasteiger partial charge in [0.05, 0.1) is 22.5 Å². The molecule has 0 bridgehead atoms. The smallest absolute Gasteiger partial charge is 0.343 e. The van der Waals surface area contributed by atoms with Gasteiger partial charge in [-0.05, 0) is 82.9 Å². The minimum absolute atomic E-state index is 0.167. The molecule has 10 aromatic rings. The van der Waals surface area contributed by atoms with E-state index in [9.17, 15) is 83.5 Å². The Hall–Kier alpha value is -10.8. The van der Waals surface area contributed by atoms with E-state index in [1.807, 2.05) is 0 Å². The molecular weight excluding hydrogens is 1300 g/mol. The Morgan fingerprint density at radius 3 is 1.01 bits per heavy atom. The standard InChI is InChI=1S/C65H36F16N2O10S/c66-43-24-44(67)52(75)61(51(43)74)89-38-15-30(16-39(22-38)90-62-53(76)45(68)25-46(69)54(62)77)28-87-36-19-34(65(84)93-35-11-13-42(14-12-35)94(85,86)83-60(33-9-5-2-6-10-33)59(82)32-7-3-1-4-8-32)20-37(21-36)88-29-31-17-40(91-63-55(78)47(70)26-48(71)56(63)79)23-41(18-31)92-64-57(80)49(72)27-50(73)58(64)81/h1-27,59-60,83H,28-29,82H2/t59-,60-/m0/s1. The van der Waals surface area contributed by atoms with Gasteiger partial charge in [0.1, 0.15) is 53.5 Å². The van der Waals surface area contributed by atoms with Crippen molar-refractivity contribution in [2.24, 2.45) is 5.73 Å². The molecule has 3 N–H and O–H groups in total. The lowest BCUT2D eigenvalue weighted by molar-refractivity contribution is 0.0733. The molecule has 0 aliphatic rings. The number of rotatable bonds is 22. The molecule has 0 saturated heterocycles. The molecule has 0 unspecified atom stereocenters. The van der Waals surface area contributed by atoms with Crippen molar-refractivity contribution in [2.75, 3.05) is 0 Å². The average Bonchev–Trinajstić information content (AvgIpc) is 0.830. The number of nitrogens with two attached hydrogens (primary N) is 1. The van der Waals surface area contributed by atoms with Crippen molar-refractivity contribution in [1.82, 2.24) is 4.72 Å². The van der Waals surface area contributed by atoms with E-state index in [0.717, 1.165) is 66.7 Å². The molecule has 12 nitrogen and oxygen atoms in total. The Bertz CT molecular complexity index is 4200. The van der Waals surface area contributed by atoms with Gasteiger partial charge in [-0.2, -0.15) is 35.1 Å². The van der Waals surface area contributed by atoms with E-state index < -0.39 is 197 Å². The zero-order chi connectivity index (χ0) is 67.4. The van der Waals surface area contributed by atoms with Gasteiger partial charge < -0.3 is 38.9 Å². The summed E-state index contributed by atoms with van der Waals surface area (Å²) in [6, 6.07) is 26.1. The first-order valence-corrected chi connectivity index (χ1v) is 28.1. The highest BCUT2D eigenvalue weighted by atomic mass is 32.2. The summed E-state index contributed by atoms with van der Waals surface area (Å²) < 4.78 is 302. The molecule has 0 fully saturated rings. The second kappa shape index (κ2) is 27.6. The number of sulfonamides is 1. The minimum Gasteiger partial charge on any atom is -0.489 e. The molecule has 10 rings (SSSR count). The zero-order valence-corrected chi connectivity index (χ0v) is 47.6. The monoisotopic (exact) mass is 1340 g/mol. The van der Waals surface area contributed by atoms with E-state index in [1.165, 1.54) is 0 Å². The summed E-state index contributed by atoms with van der Waals surface area (Å²) in [7, 11) is -4.42. The van der Waals surface area contributed by atoms with Gasteiger partial charge in [0.25, 0.3) is 0 Å². The van der Waals surface area contributed by atoms with Crippen LogP contribution in [0, 0.1) is 93.1 Å². The molecule has 10 aromatic carbocycles. The molecule has 29 heteroatoms. The second-order valence-corrected chi connectivity index (χ2v) is 21.5. The van der Waals surface area contributed by atoms with Crippen LogP contribution in [0.3, 0.4) is 0 Å². The van der Waals surface area contributed by atoms with Gasteiger partial charge in [-0.1, -0.05) is 60.7 Å². The van der Waals surface area contributed by atoms with Gasteiger partial charge in [0.2, 0.25) is 79.6 Å². The highest BCUT2D eigenvalue weighted by molar-refractivity contribution is 7.89. The lowest BCUT2D eigenvalue weighted by Gasteiger charge is -2.26. The highest BCUT2D eigenvalue weighted by Crippen LogP contribution is 2.41. The molecule has 0 aromatic heterocycles. The van der Waals surface area contributed by atoms with E-state index in [-0.39, 0.29) is 46.0 Å². The summed E-state index contributed by atoms with van der Waals surface area (Å²) >= 11 is 0. The molecule has 0 radical (unpaired) electrons. The predicted molar refractivity (Wildman–Crippen MR) is 298 cm³/mol. The molecule has 0 heterocycles. The van der Waals surface area contributed by atoms with Gasteiger partial charge >= 0.3 is 5.97 Å². The van der Waals surface area contributed by atoms with Crippen molar-refractivity contribution in [3.8, 4) is 63.2 Å². The van der Waals surface area contributed by atoms with Crippen molar-refractivity contribution in [1.29, 1.82) is 0 Å². The van der Waals surface area contributed by atoms with Crippen LogP contribution in [-0.2, 0) is 23.2 Å². The first-order chi connectivity index (χ1) is 44.7. The van der Waals surface area contributed by atoms with Gasteiger partial charge in [0.15, 0.2) is 46.5 Å². The molecule has 0 spiro atoms. The topological polar surface area (TPSA) is 154 Å². The molecule has 0 saturated carbocycles. The minimum atomic E-state index is -4.42. The first-order valence-electron chi connectivity index (χ1n) is 26.6. The van der Waals surface area contributed by atoms with E-state index in [4.69, 9.17) is 38.9 Å². The zero-order valence-electron chi connectivity index (χ0n) is 46.8. The van der Waals surface area contributed by atoms with Crippen molar-refractivity contribution < 1.29 is 117 Å². The van der Waals surface area contributed by atoms with Crippen LogP contribution in [0.15, 0.2) is 169 Å². The van der Waals surface area contributed by atoms with Crippen LogP contribution in [0.5, 0.6) is 63.2 Å². The van der Waals surface area contributed by atoms with E-state index in [1.54, 1.807) is 60.7 Å². The molecule has 0 aliphatic heterocycles. The maximum Gasteiger partial charge on any atom is 0.343 e. The number of esters is 1. The number of nitrogens with one attached hydrogen (secondary N) is 1. The SMILES string of the molecule is N[C@@H](c1ccccc1)[C@@H](NS(=O)(=O)c1ccc(OC(=O)c2cc(OCc3cc(Oc4c(F)c(F)cc(F)c4F)cc(Oc4c(F)c(F)cc(F)c4F)c3)cc(OCc3cc(Oc4c(F)c(F)cc(F)c4F)cc(Oc4c(F)c(F)cc(F)c4F)c3)c2)cc1)c1ccccc1. The maximum atomic E-state index is 14.9. The van der Waals surface area contributed by atoms with Crippen LogP contribution < -0.4 is 43.6 Å². The lowest BCUT2D eigenvalue weighted by atomic mass is 9.95. The lowest BCUT2D eigenvalue weighted by Crippen LogP contribution is -2.36. The highest BCUT2D eigenvalue weighted by Gasteiger charge is 2.30. The fourth-order valence-corrected chi connectivity index (χ4v) is 10.1. The predicted octanol–water partition coefficient (Wildman–Crippen LogP) is 17.2. The van der Waals surface area contributed by atoms with Crippen LogP contribution >= 0.6 is 0 Å². The summed E-state index contributed by atoms with van der Waals surface area (Å²) in [6.07, 6.45) is 0. The molecule has 484 valence electrons. The van der Waals surface area contributed by atoms with E-state index >= 15 is 0 Å². The van der Waals surface area contributed by atoms with Gasteiger partial charge in [-0.25, -0.2) is 53.1 Å². The fraction of sp³-hybridized carbons (Fsp3) is 0.0615. The maximum absolute atomic E-state index is 14.9. The van der Waals surface area contributed by atoms with E-state index in [0.29, 0.717) is 23.3 Å². The Labute approximate surface area is 519 Å². The number of carbonyl (C=O) groups is 1. The van der Waals surface area contributed by atoms with Gasteiger partial charge in [0, 0.05) is 42.5 Å². The third kappa shape index (κ3) is 14.8. The number of carbonyl (C=O) groups excluding carboxylic acids is 1. The summed E-state index contributed by atoms with van der Waals surface area (Å²) in [5, 5.41) is 0. The van der Waals surface area contributed by atoms with Crippen LogP contribution in [-0.4, -0.2) is 14.4 Å². The van der Waals surface area contributed by atoms with Crippen molar-refractivity contribution >= 4 is 16.0 Å². The average molecular weight is 1340 g/mol. The van der Waals surface area contributed by atoms with Crippen LogP contribution in [0.1, 0.15) is 44.7 Å². The van der Waals surface area contributed by atoms with Crippen molar-refractivity contribution in [3.63, 3.8) is 0 Å². The van der Waals surface area contributed by atoms with Crippen molar-refractivity contribution in [3.05, 3.63) is 285 Å².